The van der Waals surface area contributed by atoms with Crippen molar-refractivity contribution in [1.82, 2.24) is 4.98 Å². The maximum Gasteiger partial charge on any atom is 0.352 e. The number of hydrogen-bond acceptors (Lipinski definition) is 6. The minimum atomic E-state index is -1.15. The molecule has 0 radical (unpaired) electrons. The van der Waals surface area contributed by atoms with E-state index in [0.717, 1.165) is 10.8 Å². The fraction of sp³-hybridized carbons (Fsp3) is 0.150. The van der Waals surface area contributed by atoms with Crippen LogP contribution in [-0.4, -0.2) is 30.3 Å². The highest BCUT2D eigenvalue weighted by molar-refractivity contribution is 7.98. The standard InChI is InChI=1S/C20H17NO4S/c1-24-20(23)18(16-9-5-7-13-6-3-4-8-15(13)16)25-19(22)14-10-11-21-17(12-14)26-2/h3-12,18H,1-2H3. The number of fused-ring (bicyclic) bond motifs is 1. The molecule has 1 aromatic heterocycles. The molecule has 0 saturated carbocycles. The van der Waals surface area contributed by atoms with Crippen molar-refractivity contribution in [3.63, 3.8) is 0 Å². The average molecular weight is 367 g/mol. The van der Waals surface area contributed by atoms with E-state index in [0.29, 0.717) is 16.2 Å². The van der Waals surface area contributed by atoms with E-state index in [9.17, 15) is 9.59 Å². The molecule has 3 aromatic rings. The van der Waals surface area contributed by atoms with Crippen LogP contribution in [0.1, 0.15) is 22.0 Å². The summed E-state index contributed by atoms with van der Waals surface area (Å²) in [6.07, 6.45) is 2.25. The Balaban J connectivity index is 1.98. The van der Waals surface area contributed by atoms with Crippen molar-refractivity contribution in [3.8, 4) is 0 Å². The zero-order valence-electron chi connectivity index (χ0n) is 14.3. The van der Waals surface area contributed by atoms with Crippen LogP contribution >= 0.6 is 11.8 Å². The van der Waals surface area contributed by atoms with Gasteiger partial charge in [-0.05, 0) is 29.2 Å². The molecule has 132 valence electrons. The van der Waals surface area contributed by atoms with E-state index in [2.05, 4.69) is 4.98 Å². The molecule has 1 atom stereocenters. The van der Waals surface area contributed by atoms with Crippen molar-refractivity contribution in [3.05, 3.63) is 71.9 Å². The number of thioether (sulfide) groups is 1. The van der Waals surface area contributed by atoms with E-state index < -0.39 is 18.0 Å². The van der Waals surface area contributed by atoms with E-state index in [1.165, 1.54) is 25.1 Å². The predicted molar refractivity (Wildman–Crippen MR) is 100 cm³/mol. The van der Waals surface area contributed by atoms with Gasteiger partial charge in [0.25, 0.3) is 0 Å². The zero-order valence-corrected chi connectivity index (χ0v) is 15.2. The van der Waals surface area contributed by atoms with Gasteiger partial charge in [-0.15, -0.1) is 11.8 Å². The number of carbonyl (C=O) groups excluding carboxylic acids is 2. The fourth-order valence-corrected chi connectivity index (χ4v) is 3.06. The summed E-state index contributed by atoms with van der Waals surface area (Å²) in [5.74, 6) is -1.24. The summed E-state index contributed by atoms with van der Waals surface area (Å²) in [5, 5.41) is 2.47. The van der Waals surface area contributed by atoms with Gasteiger partial charge in [0.05, 0.1) is 17.7 Å². The van der Waals surface area contributed by atoms with Crippen LogP contribution in [0.5, 0.6) is 0 Å². The number of methoxy groups -OCH3 is 1. The first-order valence-corrected chi connectivity index (χ1v) is 9.13. The van der Waals surface area contributed by atoms with Crippen LogP contribution in [0, 0.1) is 0 Å². The Labute approximate surface area is 155 Å². The Hall–Kier alpha value is -2.86. The topological polar surface area (TPSA) is 65.5 Å². The van der Waals surface area contributed by atoms with Crippen LogP contribution in [0.15, 0.2) is 65.8 Å². The van der Waals surface area contributed by atoms with Crippen LogP contribution in [0.4, 0.5) is 0 Å². The molecule has 0 bridgehead atoms. The number of hydrogen-bond donors (Lipinski definition) is 0. The second-order valence-corrected chi connectivity index (χ2v) is 6.29. The lowest BCUT2D eigenvalue weighted by Gasteiger charge is -2.18. The number of aromatic nitrogens is 1. The van der Waals surface area contributed by atoms with Gasteiger partial charge >= 0.3 is 11.9 Å². The van der Waals surface area contributed by atoms with Crippen LogP contribution in [0.3, 0.4) is 0 Å². The van der Waals surface area contributed by atoms with E-state index in [-0.39, 0.29) is 0 Å². The lowest BCUT2D eigenvalue weighted by atomic mass is 10.0. The summed E-state index contributed by atoms with van der Waals surface area (Å²) in [5.41, 5.74) is 0.918. The average Bonchev–Trinajstić information content (AvgIpc) is 2.71. The number of esters is 2. The molecule has 0 aliphatic heterocycles. The molecule has 0 saturated heterocycles. The SMILES string of the molecule is COC(=O)C(OC(=O)c1ccnc(SC)c1)c1cccc2ccccc12. The van der Waals surface area contributed by atoms with Crippen molar-refractivity contribution in [2.75, 3.05) is 13.4 Å². The van der Waals surface area contributed by atoms with Gasteiger partial charge in [-0.2, -0.15) is 0 Å². The smallest absolute Gasteiger partial charge is 0.352 e. The first kappa shape index (κ1) is 17.9. The maximum absolute atomic E-state index is 12.6. The number of ether oxygens (including phenoxy) is 2. The number of benzene rings is 2. The number of carbonyl (C=O) groups is 2. The van der Waals surface area contributed by atoms with Gasteiger partial charge in [0.1, 0.15) is 0 Å². The lowest BCUT2D eigenvalue weighted by Crippen LogP contribution is -2.21. The van der Waals surface area contributed by atoms with Gasteiger partial charge in [-0.25, -0.2) is 14.6 Å². The second kappa shape index (κ2) is 8.01. The monoisotopic (exact) mass is 367 g/mol. The number of pyridine rings is 1. The third kappa shape index (κ3) is 3.70. The highest BCUT2D eigenvalue weighted by atomic mass is 32.2. The van der Waals surface area contributed by atoms with Crippen LogP contribution < -0.4 is 0 Å². The van der Waals surface area contributed by atoms with E-state index >= 15 is 0 Å². The van der Waals surface area contributed by atoms with Crippen molar-refractivity contribution < 1.29 is 19.1 Å². The van der Waals surface area contributed by atoms with Gasteiger partial charge in [0.15, 0.2) is 0 Å². The Bertz CT molecular complexity index is 952. The van der Waals surface area contributed by atoms with Gasteiger partial charge in [0.2, 0.25) is 6.10 Å². The molecule has 3 rings (SSSR count). The molecule has 0 N–H and O–H groups in total. The minimum Gasteiger partial charge on any atom is -0.466 e. The molecule has 0 spiro atoms. The summed E-state index contributed by atoms with van der Waals surface area (Å²) in [7, 11) is 1.27. The van der Waals surface area contributed by atoms with E-state index in [1.54, 1.807) is 18.2 Å². The summed E-state index contributed by atoms with van der Waals surface area (Å²) < 4.78 is 10.4. The molecule has 6 heteroatoms. The molecular weight excluding hydrogens is 350 g/mol. The second-order valence-electron chi connectivity index (χ2n) is 5.46. The summed E-state index contributed by atoms with van der Waals surface area (Å²) in [4.78, 5) is 29.0. The Kier molecular flexibility index (Phi) is 5.53. The lowest BCUT2D eigenvalue weighted by molar-refractivity contribution is -0.151. The highest BCUT2D eigenvalue weighted by Crippen LogP contribution is 2.28. The van der Waals surface area contributed by atoms with Crippen molar-refractivity contribution >= 4 is 34.5 Å². The number of rotatable bonds is 5. The molecule has 1 unspecified atom stereocenters. The van der Waals surface area contributed by atoms with Gasteiger partial charge in [-0.1, -0.05) is 42.5 Å². The molecular formula is C20H17NO4S. The third-order valence-electron chi connectivity index (χ3n) is 3.93. The van der Waals surface area contributed by atoms with Gasteiger partial charge in [0, 0.05) is 11.8 Å². The van der Waals surface area contributed by atoms with Gasteiger partial charge < -0.3 is 9.47 Å². The van der Waals surface area contributed by atoms with Crippen LogP contribution in [-0.2, 0) is 14.3 Å². The molecule has 1 heterocycles. The minimum absolute atomic E-state index is 0.332. The first-order valence-electron chi connectivity index (χ1n) is 7.90. The highest BCUT2D eigenvalue weighted by Gasteiger charge is 2.28. The third-order valence-corrected chi connectivity index (χ3v) is 4.57. The molecule has 0 aliphatic rings. The molecule has 26 heavy (non-hydrogen) atoms. The van der Waals surface area contributed by atoms with E-state index in [4.69, 9.17) is 9.47 Å². The van der Waals surface area contributed by atoms with Crippen LogP contribution in [0.2, 0.25) is 0 Å². The summed E-state index contributed by atoms with van der Waals surface area (Å²) in [6.45, 7) is 0. The van der Waals surface area contributed by atoms with E-state index in [1.807, 2.05) is 42.7 Å². The molecule has 0 fully saturated rings. The van der Waals surface area contributed by atoms with Crippen molar-refractivity contribution in [1.29, 1.82) is 0 Å². The Morgan fingerprint density at radius 2 is 1.85 bits per heavy atom. The van der Waals surface area contributed by atoms with Crippen molar-refractivity contribution in [2.45, 2.75) is 11.1 Å². The Morgan fingerprint density at radius 3 is 2.62 bits per heavy atom. The molecule has 0 aliphatic carbocycles. The fourth-order valence-electron chi connectivity index (χ4n) is 2.65. The first-order chi connectivity index (χ1) is 12.6. The predicted octanol–water partition coefficient (Wildman–Crippen LogP) is 4.03. The molecule has 2 aromatic carbocycles. The molecule has 0 amide bonds. The largest absolute Gasteiger partial charge is 0.466 e. The van der Waals surface area contributed by atoms with Crippen LogP contribution in [0.25, 0.3) is 10.8 Å². The normalized spacial score (nSPS) is 11.8. The quantitative estimate of drug-likeness (QED) is 0.501. The van der Waals surface area contributed by atoms with Gasteiger partial charge in [-0.3, -0.25) is 0 Å². The number of nitrogens with zero attached hydrogens (tertiary/aromatic N) is 1. The zero-order chi connectivity index (χ0) is 18.5. The molecule has 5 nitrogen and oxygen atoms in total. The summed E-state index contributed by atoms with van der Waals surface area (Å²) in [6, 6.07) is 16.3. The van der Waals surface area contributed by atoms with Crippen molar-refractivity contribution in [2.24, 2.45) is 0 Å². The Morgan fingerprint density at radius 1 is 1.08 bits per heavy atom. The summed E-state index contributed by atoms with van der Waals surface area (Å²) >= 11 is 1.42. The maximum atomic E-state index is 12.6.